The Labute approximate surface area is 104 Å². The van der Waals surface area contributed by atoms with Crippen LogP contribution in [0.4, 0.5) is 5.82 Å². The van der Waals surface area contributed by atoms with Crippen LogP contribution in [0, 0.1) is 6.92 Å². The van der Waals surface area contributed by atoms with E-state index in [4.69, 9.17) is 10.5 Å². The fourth-order valence-corrected chi connectivity index (χ4v) is 1.96. The number of nitrogen functional groups attached to an aromatic ring is 1. The minimum absolute atomic E-state index is 0.453. The van der Waals surface area contributed by atoms with Crippen molar-refractivity contribution in [2.45, 2.75) is 6.92 Å². The van der Waals surface area contributed by atoms with E-state index in [1.807, 2.05) is 24.3 Å². The zero-order valence-corrected chi connectivity index (χ0v) is 10.1. The average Bonchev–Trinajstić information content (AvgIpc) is 2.36. The average molecular weight is 240 g/mol. The van der Waals surface area contributed by atoms with Crippen LogP contribution in [0.5, 0.6) is 5.75 Å². The normalized spacial score (nSPS) is 11.0. The van der Waals surface area contributed by atoms with Crippen molar-refractivity contribution in [2.75, 3.05) is 12.8 Å². The Hall–Kier alpha value is -2.43. The molecule has 2 N–H and O–H groups in total. The lowest BCUT2D eigenvalue weighted by Gasteiger charge is -2.05. The van der Waals surface area contributed by atoms with Gasteiger partial charge in [-0.3, -0.25) is 0 Å². The highest BCUT2D eigenvalue weighted by molar-refractivity contribution is 5.96. The molecule has 0 aliphatic carbocycles. The molecule has 2 aromatic heterocycles. The van der Waals surface area contributed by atoms with E-state index in [-0.39, 0.29) is 0 Å². The second-order valence-corrected chi connectivity index (χ2v) is 4.07. The summed E-state index contributed by atoms with van der Waals surface area (Å²) in [6, 6.07) is 7.63. The van der Waals surface area contributed by atoms with Gasteiger partial charge in [0, 0.05) is 5.39 Å². The summed E-state index contributed by atoms with van der Waals surface area (Å²) in [6.07, 6.45) is 0. The lowest BCUT2D eigenvalue weighted by Crippen LogP contribution is -1.99. The lowest BCUT2D eigenvalue weighted by molar-refractivity contribution is 0.415. The number of hydrogen-bond acceptors (Lipinski definition) is 5. The topological polar surface area (TPSA) is 73.9 Å². The molecule has 0 saturated heterocycles. The maximum atomic E-state index is 5.90. The van der Waals surface area contributed by atoms with E-state index in [1.165, 1.54) is 0 Å². The lowest BCUT2D eigenvalue weighted by atomic mass is 10.1. The Kier molecular flexibility index (Phi) is 2.26. The molecule has 0 fully saturated rings. The summed E-state index contributed by atoms with van der Waals surface area (Å²) in [6.45, 7) is 1.80. The Bertz CT molecular complexity index is 755. The van der Waals surface area contributed by atoms with Crippen LogP contribution >= 0.6 is 0 Å². The molecule has 0 spiro atoms. The Morgan fingerprint density at radius 1 is 1.11 bits per heavy atom. The number of pyridine rings is 1. The van der Waals surface area contributed by atoms with Crippen LogP contribution in [0.3, 0.4) is 0 Å². The van der Waals surface area contributed by atoms with Gasteiger partial charge in [-0.15, -0.1) is 0 Å². The van der Waals surface area contributed by atoms with E-state index in [1.54, 1.807) is 14.0 Å². The second-order valence-electron chi connectivity index (χ2n) is 4.07. The van der Waals surface area contributed by atoms with E-state index in [0.29, 0.717) is 17.3 Å². The van der Waals surface area contributed by atoms with Gasteiger partial charge in [-0.05, 0) is 31.2 Å². The third-order valence-corrected chi connectivity index (χ3v) is 2.83. The van der Waals surface area contributed by atoms with Crippen molar-refractivity contribution < 1.29 is 4.74 Å². The maximum absolute atomic E-state index is 5.90. The number of benzene rings is 1. The van der Waals surface area contributed by atoms with Crippen LogP contribution in [0.25, 0.3) is 21.9 Å². The third-order valence-electron chi connectivity index (χ3n) is 2.83. The van der Waals surface area contributed by atoms with Crippen molar-refractivity contribution in [3.05, 3.63) is 30.1 Å². The Balaban J connectivity index is 2.39. The summed E-state index contributed by atoms with van der Waals surface area (Å²) in [5.41, 5.74) is 7.38. The number of fused-ring (bicyclic) bond motifs is 2. The van der Waals surface area contributed by atoms with Crippen molar-refractivity contribution in [3.8, 4) is 5.75 Å². The zero-order valence-electron chi connectivity index (χ0n) is 10.1. The molecule has 3 aromatic rings. The van der Waals surface area contributed by atoms with Gasteiger partial charge in [0.25, 0.3) is 0 Å². The molecule has 1 aromatic carbocycles. The van der Waals surface area contributed by atoms with E-state index in [2.05, 4.69) is 15.0 Å². The molecule has 0 atom stereocenters. The van der Waals surface area contributed by atoms with Crippen LogP contribution in [0.2, 0.25) is 0 Å². The molecule has 0 amide bonds. The number of ether oxygens (including phenoxy) is 1. The fraction of sp³-hybridized carbons (Fsp3) is 0.154. The standard InChI is InChI=1S/C13H12N4O/c1-7-15-12(14)10-6-8-5-9(18-2)3-4-11(8)17-13(10)16-7/h3-6H,1-2H3,(H2,14,15,16,17). The van der Waals surface area contributed by atoms with Crippen LogP contribution < -0.4 is 10.5 Å². The number of aromatic nitrogens is 3. The molecule has 0 bridgehead atoms. The summed E-state index contributed by atoms with van der Waals surface area (Å²) in [4.78, 5) is 12.9. The highest BCUT2D eigenvalue weighted by atomic mass is 16.5. The molecule has 0 saturated carbocycles. The molecule has 18 heavy (non-hydrogen) atoms. The monoisotopic (exact) mass is 240 g/mol. The zero-order chi connectivity index (χ0) is 12.7. The summed E-state index contributed by atoms with van der Waals surface area (Å²) in [5.74, 6) is 1.87. The largest absolute Gasteiger partial charge is 0.497 e. The molecule has 0 aliphatic heterocycles. The number of hydrogen-bond donors (Lipinski definition) is 1. The smallest absolute Gasteiger partial charge is 0.165 e. The van der Waals surface area contributed by atoms with E-state index < -0.39 is 0 Å². The third kappa shape index (κ3) is 1.60. The first kappa shape index (κ1) is 10.7. The minimum Gasteiger partial charge on any atom is -0.497 e. The molecule has 0 radical (unpaired) electrons. The van der Waals surface area contributed by atoms with Crippen LogP contribution in [0.1, 0.15) is 5.82 Å². The van der Waals surface area contributed by atoms with Gasteiger partial charge in [0.2, 0.25) is 0 Å². The van der Waals surface area contributed by atoms with Crippen LogP contribution in [-0.2, 0) is 0 Å². The van der Waals surface area contributed by atoms with Crippen LogP contribution in [0.15, 0.2) is 24.3 Å². The number of anilines is 1. The molecule has 90 valence electrons. The number of nitrogens with two attached hydrogens (primary N) is 1. The van der Waals surface area contributed by atoms with Crippen LogP contribution in [-0.4, -0.2) is 22.1 Å². The molecule has 0 aliphatic rings. The summed E-state index contributed by atoms with van der Waals surface area (Å²) in [7, 11) is 1.64. The van der Waals surface area contributed by atoms with Gasteiger partial charge < -0.3 is 10.5 Å². The van der Waals surface area contributed by atoms with Crippen molar-refractivity contribution in [1.29, 1.82) is 0 Å². The molecular weight excluding hydrogens is 228 g/mol. The van der Waals surface area contributed by atoms with Gasteiger partial charge >= 0.3 is 0 Å². The van der Waals surface area contributed by atoms with Gasteiger partial charge in [-0.25, -0.2) is 15.0 Å². The Morgan fingerprint density at radius 2 is 1.94 bits per heavy atom. The van der Waals surface area contributed by atoms with Gasteiger partial charge in [0.15, 0.2) is 5.65 Å². The van der Waals surface area contributed by atoms with Gasteiger partial charge in [-0.1, -0.05) is 0 Å². The SMILES string of the molecule is COc1ccc2nc3nc(C)nc(N)c3cc2c1. The predicted octanol–water partition coefficient (Wildman–Crippen LogP) is 2.08. The first-order valence-electron chi connectivity index (χ1n) is 5.56. The molecule has 3 rings (SSSR count). The quantitative estimate of drug-likeness (QED) is 0.659. The molecule has 5 heteroatoms. The van der Waals surface area contributed by atoms with Crippen molar-refractivity contribution in [3.63, 3.8) is 0 Å². The van der Waals surface area contributed by atoms with E-state index in [0.717, 1.165) is 22.0 Å². The molecule has 2 heterocycles. The van der Waals surface area contributed by atoms with Crippen molar-refractivity contribution in [1.82, 2.24) is 15.0 Å². The van der Waals surface area contributed by atoms with E-state index >= 15 is 0 Å². The highest BCUT2D eigenvalue weighted by Gasteiger charge is 2.07. The molecular formula is C13H12N4O. The number of methoxy groups -OCH3 is 1. The van der Waals surface area contributed by atoms with Gasteiger partial charge in [0.1, 0.15) is 17.4 Å². The summed E-state index contributed by atoms with van der Waals surface area (Å²) >= 11 is 0. The van der Waals surface area contributed by atoms with Gasteiger partial charge in [0.05, 0.1) is 18.0 Å². The number of nitrogens with zero attached hydrogens (tertiary/aromatic N) is 3. The summed E-state index contributed by atoms with van der Waals surface area (Å²) < 4.78 is 5.19. The van der Waals surface area contributed by atoms with Crippen molar-refractivity contribution in [2.24, 2.45) is 0 Å². The Morgan fingerprint density at radius 3 is 2.72 bits per heavy atom. The van der Waals surface area contributed by atoms with E-state index in [9.17, 15) is 0 Å². The van der Waals surface area contributed by atoms with Gasteiger partial charge in [-0.2, -0.15) is 0 Å². The molecule has 0 unspecified atom stereocenters. The number of aryl methyl sites for hydroxylation is 1. The molecule has 5 nitrogen and oxygen atoms in total. The summed E-state index contributed by atoms with van der Waals surface area (Å²) in [5, 5.41) is 1.72. The maximum Gasteiger partial charge on any atom is 0.165 e. The number of rotatable bonds is 1. The predicted molar refractivity (Wildman–Crippen MR) is 70.5 cm³/mol. The highest BCUT2D eigenvalue weighted by Crippen LogP contribution is 2.25. The first-order chi connectivity index (χ1) is 8.67. The fourth-order valence-electron chi connectivity index (χ4n) is 1.96. The second kappa shape index (κ2) is 3.80. The first-order valence-corrected chi connectivity index (χ1v) is 5.56. The van der Waals surface area contributed by atoms with Crippen molar-refractivity contribution >= 4 is 27.8 Å². The minimum atomic E-state index is 0.453.